The van der Waals surface area contributed by atoms with Gasteiger partial charge in [-0.15, -0.1) is 0 Å². The predicted molar refractivity (Wildman–Crippen MR) is 40.1 cm³/mol. The molecule has 1 fully saturated rings. The second kappa shape index (κ2) is 2.86. The number of cyclic esters (lactones) is 2. The van der Waals surface area contributed by atoms with Crippen LogP contribution in [0.15, 0.2) is 0 Å². The van der Waals surface area contributed by atoms with Gasteiger partial charge in [0.1, 0.15) is 5.41 Å². The summed E-state index contributed by atoms with van der Waals surface area (Å²) in [7, 11) is 0. The minimum absolute atomic E-state index is 0.426. The molecule has 12 heavy (non-hydrogen) atoms. The van der Waals surface area contributed by atoms with Crippen molar-refractivity contribution in [1.82, 2.24) is 0 Å². The second-order valence-corrected chi connectivity index (χ2v) is 2.97. The SMILES string of the molecule is CCC1(CC)C(=O)OC(=O)C1O. The number of carbonyl (C=O) groups excluding carboxylic acids is 2. The molecule has 1 rings (SSSR count). The van der Waals surface area contributed by atoms with Crippen molar-refractivity contribution >= 4 is 11.9 Å². The van der Waals surface area contributed by atoms with E-state index in [-0.39, 0.29) is 0 Å². The van der Waals surface area contributed by atoms with E-state index >= 15 is 0 Å². The summed E-state index contributed by atoms with van der Waals surface area (Å²) in [5.74, 6) is -1.41. The van der Waals surface area contributed by atoms with Crippen LogP contribution in [0, 0.1) is 5.41 Å². The van der Waals surface area contributed by atoms with E-state index in [9.17, 15) is 14.7 Å². The summed E-state index contributed by atoms with van der Waals surface area (Å²) in [6.07, 6.45) is -0.426. The Morgan fingerprint density at radius 1 is 1.42 bits per heavy atom. The molecular weight excluding hydrogens is 160 g/mol. The monoisotopic (exact) mass is 172 g/mol. The van der Waals surface area contributed by atoms with E-state index in [4.69, 9.17) is 0 Å². The highest BCUT2D eigenvalue weighted by atomic mass is 16.6. The minimum Gasteiger partial charge on any atom is -0.391 e. The molecule has 1 unspecified atom stereocenters. The Labute approximate surface area is 70.5 Å². The number of rotatable bonds is 2. The standard InChI is InChI=1S/C8H12O4/c1-3-8(4-2)5(9)6(10)12-7(8)11/h5,9H,3-4H2,1-2H3. The zero-order valence-corrected chi connectivity index (χ0v) is 7.16. The van der Waals surface area contributed by atoms with Crippen LogP contribution in [0.3, 0.4) is 0 Å². The van der Waals surface area contributed by atoms with Gasteiger partial charge in [0, 0.05) is 0 Å². The Morgan fingerprint density at radius 2 is 1.92 bits per heavy atom. The largest absolute Gasteiger partial charge is 0.391 e. The molecule has 68 valence electrons. The van der Waals surface area contributed by atoms with Crippen LogP contribution < -0.4 is 0 Å². The highest BCUT2D eigenvalue weighted by Crippen LogP contribution is 2.37. The molecule has 1 N–H and O–H groups in total. The average Bonchev–Trinajstić information content (AvgIpc) is 2.26. The van der Waals surface area contributed by atoms with Crippen molar-refractivity contribution in [1.29, 1.82) is 0 Å². The number of aliphatic hydroxyl groups excluding tert-OH is 1. The highest BCUT2D eigenvalue weighted by Gasteiger charge is 2.54. The average molecular weight is 172 g/mol. The maximum absolute atomic E-state index is 11.2. The van der Waals surface area contributed by atoms with Gasteiger partial charge in [-0.05, 0) is 12.8 Å². The van der Waals surface area contributed by atoms with E-state index in [0.29, 0.717) is 12.8 Å². The lowest BCUT2D eigenvalue weighted by atomic mass is 9.79. The number of hydrogen-bond acceptors (Lipinski definition) is 4. The number of hydrogen-bond donors (Lipinski definition) is 1. The van der Waals surface area contributed by atoms with Crippen LogP contribution in [0.5, 0.6) is 0 Å². The Balaban J connectivity index is 3.01. The van der Waals surface area contributed by atoms with Gasteiger partial charge in [-0.3, -0.25) is 4.79 Å². The van der Waals surface area contributed by atoms with Gasteiger partial charge in [-0.25, -0.2) is 4.79 Å². The van der Waals surface area contributed by atoms with Crippen LogP contribution in [0.4, 0.5) is 0 Å². The normalized spacial score (nSPS) is 27.4. The first-order chi connectivity index (χ1) is 5.58. The van der Waals surface area contributed by atoms with Gasteiger partial charge in [0.2, 0.25) is 0 Å². The minimum atomic E-state index is -1.28. The van der Waals surface area contributed by atoms with Crippen molar-refractivity contribution < 1.29 is 19.4 Å². The van der Waals surface area contributed by atoms with Gasteiger partial charge in [0.25, 0.3) is 0 Å². The summed E-state index contributed by atoms with van der Waals surface area (Å²) < 4.78 is 4.34. The summed E-state index contributed by atoms with van der Waals surface area (Å²) in [5, 5.41) is 9.38. The maximum atomic E-state index is 11.2. The first-order valence-corrected chi connectivity index (χ1v) is 4.02. The summed E-state index contributed by atoms with van der Waals surface area (Å²) in [6.45, 7) is 3.51. The molecular formula is C8H12O4. The molecule has 0 bridgehead atoms. The van der Waals surface area contributed by atoms with E-state index in [1.165, 1.54) is 0 Å². The lowest BCUT2D eigenvalue weighted by Crippen LogP contribution is -2.36. The van der Waals surface area contributed by atoms with E-state index in [0.717, 1.165) is 0 Å². The quantitative estimate of drug-likeness (QED) is 0.478. The molecule has 1 saturated heterocycles. The molecule has 0 aromatic carbocycles. The fourth-order valence-electron chi connectivity index (χ4n) is 1.51. The second-order valence-electron chi connectivity index (χ2n) is 2.97. The smallest absolute Gasteiger partial charge is 0.343 e. The van der Waals surface area contributed by atoms with Gasteiger partial charge in [0.05, 0.1) is 0 Å². The molecule has 0 spiro atoms. The zero-order chi connectivity index (χ0) is 9.35. The fraction of sp³-hybridized carbons (Fsp3) is 0.750. The van der Waals surface area contributed by atoms with Gasteiger partial charge in [0.15, 0.2) is 6.10 Å². The van der Waals surface area contributed by atoms with E-state index < -0.39 is 23.5 Å². The number of esters is 2. The first-order valence-electron chi connectivity index (χ1n) is 4.02. The predicted octanol–water partition coefficient (Wildman–Crippen LogP) is 0.237. The zero-order valence-electron chi connectivity index (χ0n) is 7.16. The van der Waals surface area contributed by atoms with Crippen molar-refractivity contribution in [3.8, 4) is 0 Å². The molecule has 0 aromatic heterocycles. The van der Waals surface area contributed by atoms with Crippen LogP contribution >= 0.6 is 0 Å². The molecule has 1 heterocycles. The van der Waals surface area contributed by atoms with Crippen LogP contribution in [0.1, 0.15) is 26.7 Å². The molecule has 4 nitrogen and oxygen atoms in total. The summed E-state index contributed by atoms with van der Waals surface area (Å²) >= 11 is 0. The summed E-state index contributed by atoms with van der Waals surface area (Å²) in [4.78, 5) is 22.0. The van der Waals surface area contributed by atoms with Crippen molar-refractivity contribution in [2.24, 2.45) is 5.41 Å². The fourth-order valence-corrected chi connectivity index (χ4v) is 1.51. The van der Waals surface area contributed by atoms with E-state index in [2.05, 4.69) is 4.74 Å². The molecule has 1 atom stereocenters. The van der Waals surface area contributed by atoms with Gasteiger partial charge in [-0.2, -0.15) is 0 Å². The third kappa shape index (κ3) is 0.948. The molecule has 1 aliphatic heterocycles. The summed E-state index contributed by atoms with van der Waals surface area (Å²) in [5.41, 5.74) is -0.989. The molecule has 1 aliphatic rings. The number of aliphatic hydroxyl groups is 1. The Kier molecular flexibility index (Phi) is 2.19. The molecule has 0 aliphatic carbocycles. The van der Waals surface area contributed by atoms with Gasteiger partial charge < -0.3 is 9.84 Å². The third-order valence-electron chi connectivity index (χ3n) is 2.61. The van der Waals surface area contributed by atoms with Crippen LogP contribution in [-0.2, 0) is 14.3 Å². The van der Waals surface area contributed by atoms with Crippen molar-refractivity contribution in [2.75, 3.05) is 0 Å². The third-order valence-corrected chi connectivity index (χ3v) is 2.61. The molecule has 0 amide bonds. The van der Waals surface area contributed by atoms with Crippen molar-refractivity contribution in [2.45, 2.75) is 32.8 Å². The van der Waals surface area contributed by atoms with E-state index in [1.54, 1.807) is 13.8 Å². The molecule has 0 saturated carbocycles. The first kappa shape index (κ1) is 9.19. The van der Waals surface area contributed by atoms with Crippen molar-refractivity contribution in [3.05, 3.63) is 0 Å². The van der Waals surface area contributed by atoms with Gasteiger partial charge in [-0.1, -0.05) is 13.8 Å². The molecule has 4 heteroatoms. The highest BCUT2D eigenvalue weighted by molar-refractivity contribution is 6.00. The van der Waals surface area contributed by atoms with Crippen LogP contribution in [0.25, 0.3) is 0 Å². The number of carbonyl (C=O) groups is 2. The number of ether oxygens (including phenoxy) is 1. The summed E-state index contributed by atoms with van der Waals surface area (Å²) in [6, 6.07) is 0. The maximum Gasteiger partial charge on any atom is 0.343 e. The lowest BCUT2D eigenvalue weighted by Gasteiger charge is -2.22. The van der Waals surface area contributed by atoms with Crippen molar-refractivity contribution in [3.63, 3.8) is 0 Å². The van der Waals surface area contributed by atoms with E-state index in [1.807, 2.05) is 0 Å². The Hall–Kier alpha value is -0.900. The van der Waals surface area contributed by atoms with Gasteiger partial charge >= 0.3 is 11.9 Å². The Morgan fingerprint density at radius 3 is 2.08 bits per heavy atom. The van der Waals surface area contributed by atoms with Crippen LogP contribution in [-0.4, -0.2) is 23.1 Å². The van der Waals surface area contributed by atoms with Crippen LogP contribution in [0.2, 0.25) is 0 Å². The Bertz CT molecular complexity index is 217. The topological polar surface area (TPSA) is 63.6 Å². The molecule has 0 radical (unpaired) electrons. The lowest BCUT2D eigenvalue weighted by molar-refractivity contribution is -0.155. The molecule has 0 aromatic rings.